The number of nitrogens with two attached hydrogens (primary N) is 1. The molecule has 9 heteroatoms. The number of carbonyl (C=O) groups excluding carboxylic acids is 2. The number of benzene rings is 1. The lowest BCUT2D eigenvalue weighted by Crippen LogP contribution is -2.37. The maximum Gasteiger partial charge on any atom is 0.420 e. The Kier molecular flexibility index (Phi) is 6.55. The highest BCUT2D eigenvalue weighted by Crippen LogP contribution is 2.33. The first-order valence-electron chi connectivity index (χ1n) is 7.30. The third kappa shape index (κ3) is 5.66. The van der Waals surface area contributed by atoms with Crippen LogP contribution in [-0.4, -0.2) is 41.8 Å². The summed E-state index contributed by atoms with van der Waals surface area (Å²) >= 11 is 0. The second kappa shape index (κ2) is 9.08. The summed E-state index contributed by atoms with van der Waals surface area (Å²) in [4.78, 5) is 26.1. The highest BCUT2D eigenvalue weighted by molar-refractivity contribution is 5.93. The van der Waals surface area contributed by atoms with E-state index in [-0.39, 0.29) is 25.5 Å². The molecule has 0 aliphatic heterocycles. The number of aromatic nitrogens is 1. The smallest absolute Gasteiger partial charge is 0.420 e. The van der Waals surface area contributed by atoms with Crippen LogP contribution in [0.5, 0.6) is 23.1 Å². The van der Waals surface area contributed by atoms with E-state index in [9.17, 15) is 14.7 Å². The zero-order valence-corrected chi connectivity index (χ0v) is 13.2. The van der Waals surface area contributed by atoms with Gasteiger partial charge in [-0.3, -0.25) is 10.1 Å². The Morgan fingerprint density at radius 1 is 1.12 bits per heavy atom. The number of aromatic hydroxyl groups is 1. The lowest BCUT2D eigenvalue weighted by atomic mass is 10.3. The van der Waals surface area contributed by atoms with Crippen LogP contribution in [0.1, 0.15) is 0 Å². The van der Waals surface area contributed by atoms with Crippen LogP contribution in [0.15, 0.2) is 42.6 Å². The molecule has 2 amide bonds. The molecule has 1 heterocycles. The summed E-state index contributed by atoms with van der Waals surface area (Å²) in [5.74, 6) is -0.855. The number of rotatable bonds is 7. The van der Waals surface area contributed by atoms with Crippen molar-refractivity contribution in [3.8, 4) is 23.1 Å². The Hall–Kier alpha value is -3.33. The minimum atomic E-state index is -1.11. The third-order valence-corrected chi connectivity index (χ3v) is 2.82. The van der Waals surface area contributed by atoms with Crippen molar-refractivity contribution < 1.29 is 28.9 Å². The van der Waals surface area contributed by atoms with Gasteiger partial charge in [0.15, 0.2) is 5.75 Å². The lowest BCUT2D eigenvalue weighted by Gasteiger charge is -2.11. The molecule has 0 saturated heterocycles. The number of carbonyl (C=O) groups is 2. The van der Waals surface area contributed by atoms with E-state index >= 15 is 0 Å². The highest BCUT2D eigenvalue weighted by atomic mass is 16.6. The van der Waals surface area contributed by atoms with Gasteiger partial charge in [0, 0.05) is 12.3 Å². The van der Waals surface area contributed by atoms with Crippen LogP contribution in [-0.2, 0) is 4.79 Å². The molecule has 0 aliphatic carbocycles. The molecule has 4 N–H and O–H groups in total. The van der Waals surface area contributed by atoms with E-state index < -0.39 is 23.6 Å². The second-order valence-electron chi connectivity index (χ2n) is 4.61. The van der Waals surface area contributed by atoms with Crippen molar-refractivity contribution in [1.29, 1.82) is 0 Å². The summed E-state index contributed by atoms with van der Waals surface area (Å²) in [5.41, 5.74) is 5.06. The van der Waals surface area contributed by atoms with Gasteiger partial charge >= 0.3 is 6.09 Å². The van der Waals surface area contributed by atoms with Crippen LogP contribution in [0.25, 0.3) is 0 Å². The lowest BCUT2D eigenvalue weighted by molar-refractivity contribution is -0.118. The molecule has 0 saturated carbocycles. The molecule has 0 aliphatic rings. The summed E-state index contributed by atoms with van der Waals surface area (Å²) in [6, 6.07) is 10.6. The molecule has 0 bridgehead atoms. The van der Waals surface area contributed by atoms with Crippen molar-refractivity contribution in [2.75, 3.05) is 19.8 Å². The molecule has 9 nitrogen and oxygen atoms in total. The number of amides is 2. The quantitative estimate of drug-likeness (QED) is 0.627. The van der Waals surface area contributed by atoms with Crippen molar-refractivity contribution >= 4 is 12.0 Å². The fourth-order valence-electron chi connectivity index (χ4n) is 1.72. The topological polar surface area (TPSA) is 133 Å². The van der Waals surface area contributed by atoms with E-state index in [2.05, 4.69) is 4.98 Å². The molecule has 1 aromatic carbocycles. The highest BCUT2D eigenvalue weighted by Gasteiger charge is 2.16. The molecule has 132 valence electrons. The summed E-state index contributed by atoms with van der Waals surface area (Å²) in [6.07, 6.45) is 0.170. The third-order valence-electron chi connectivity index (χ3n) is 2.82. The molecule has 2 aromatic rings. The van der Waals surface area contributed by atoms with Gasteiger partial charge in [0.25, 0.3) is 5.88 Å². The van der Waals surface area contributed by atoms with E-state index in [1.54, 1.807) is 12.1 Å². The first-order chi connectivity index (χ1) is 12.1. The largest absolute Gasteiger partial charge is 0.501 e. The summed E-state index contributed by atoms with van der Waals surface area (Å²) in [5, 5.41) is 11.9. The molecule has 2 rings (SSSR count). The minimum absolute atomic E-state index is 0.0552. The van der Waals surface area contributed by atoms with Crippen molar-refractivity contribution in [3.05, 3.63) is 42.6 Å². The SMILES string of the molecule is NCC(=O)NC(=O)Oc1nccc(OCCOc2ccccc2)c1O. The van der Waals surface area contributed by atoms with Crippen molar-refractivity contribution in [2.45, 2.75) is 0 Å². The minimum Gasteiger partial charge on any atom is -0.501 e. The molecular weight excluding hydrogens is 330 g/mol. The first kappa shape index (κ1) is 18.0. The average molecular weight is 347 g/mol. The van der Waals surface area contributed by atoms with Gasteiger partial charge in [-0.15, -0.1) is 0 Å². The maximum absolute atomic E-state index is 11.4. The van der Waals surface area contributed by atoms with Crippen molar-refractivity contribution in [3.63, 3.8) is 0 Å². The predicted octanol–water partition coefficient (Wildman–Crippen LogP) is 0.819. The van der Waals surface area contributed by atoms with Gasteiger partial charge in [-0.2, -0.15) is 0 Å². The normalized spacial score (nSPS) is 9.96. The van der Waals surface area contributed by atoms with E-state index in [1.807, 2.05) is 23.5 Å². The Bertz CT molecular complexity index is 723. The van der Waals surface area contributed by atoms with Crippen LogP contribution in [0.2, 0.25) is 0 Å². The number of hydrogen-bond donors (Lipinski definition) is 3. The monoisotopic (exact) mass is 347 g/mol. The zero-order valence-electron chi connectivity index (χ0n) is 13.2. The number of ether oxygens (including phenoxy) is 3. The Balaban J connectivity index is 1.87. The molecule has 25 heavy (non-hydrogen) atoms. The number of para-hydroxylation sites is 1. The number of imide groups is 1. The van der Waals surface area contributed by atoms with Crippen LogP contribution in [0, 0.1) is 0 Å². The van der Waals surface area contributed by atoms with Gasteiger partial charge in [0.1, 0.15) is 19.0 Å². The number of hydrogen-bond acceptors (Lipinski definition) is 8. The van der Waals surface area contributed by atoms with Crippen LogP contribution in [0.3, 0.4) is 0 Å². The van der Waals surface area contributed by atoms with Crippen LogP contribution < -0.4 is 25.3 Å². The Morgan fingerprint density at radius 2 is 1.84 bits per heavy atom. The van der Waals surface area contributed by atoms with Gasteiger partial charge < -0.3 is 25.1 Å². The summed E-state index contributed by atoms with van der Waals surface area (Å²) < 4.78 is 15.6. The molecule has 1 aromatic heterocycles. The van der Waals surface area contributed by atoms with Crippen molar-refractivity contribution in [2.24, 2.45) is 5.73 Å². The Labute approximate surface area is 143 Å². The second-order valence-corrected chi connectivity index (χ2v) is 4.61. The van der Waals surface area contributed by atoms with Gasteiger partial charge in [0.2, 0.25) is 11.7 Å². The number of pyridine rings is 1. The molecular formula is C16H17N3O6. The predicted molar refractivity (Wildman–Crippen MR) is 86.6 cm³/mol. The van der Waals surface area contributed by atoms with Gasteiger partial charge in [0.05, 0.1) is 6.54 Å². The molecule has 0 radical (unpaired) electrons. The van der Waals surface area contributed by atoms with Gasteiger partial charge in [-0.1, -0.05) is 18.2 Å². The fourth-order valence-corrected chi connectivity index (χ4v) is 1.72. The molecule has 0 fully saturated rings. The zero-order chi connectivity index (χ0) is 18.1. The van der Waals surface area contributed by atoms with Crippen molar-refractivity contribution in [1.82, 2.24) is 10.3 Å². The van der Waals surface area contributed by atoms with Gasteiger partial charge in [-0.05, 0) is 12.1 Å². The Morgan fingerprint density at radius 3 is 2.56 bits per heavy atom. The average Bonchev–Trinajstić information content (AvgIpc) is 2.62. The fraction of sp³-hybridized carbons (Fsp3) is 0.188. The van der Waals surface area contributed by atoms with Gasteiger partial charge in [-0.25, -0.2) is 9.78 Å². The van der Waals surface area contributed by atoms with E-state index in [4.69, 9.17) is 19.9 Å². The van der Waals surface area contributed by atoms with E-state index in [0.717, 1.165) is 0 Å². The van der Waals surface area contributed by atoms with E-state index in [1.165, 1.54) is 12.3 Å². The molecule has 0 atom stereocenters. The summed E-state index contributed by atoms with van der Waals surface area (Å²) in [6.45, 7) is 0.0102. The molecule has 0 unspecified atom stereocenters. The standard InChI is InChI=1S/C16H17N3O6/c17-10-13(20)19-16(22)25-15-14(21)12(6-7-18-15)24-9-8-23-11-4-2-1-3-5-11/h1-7,21H,8-10,17H2,(H,19,20,22). The molecule has 0 spiro atoms. The number of nitrogens with zero attached hydrogens (tertiary/aromatic N) is 1. The number of nitrogens with one attached hydrogen (secondary N) is 1. The van der Waals surface area contributed by atoms with E-state index in [0.29, 0.717) is 5.75 Å². The first-order valence-corrected chi connectivity index (χ1v) is 7.30. The maximum atomic E-state index is 11.4. The van der Waals surface area contributed by atoms with Crippen LogP contribution in [0.4, 0.5) is 4.79 Å². The summed E-state index contributed by atoms with van der Waals surface area (Å²) in [7, 11) is 0. The van der Waals surface area contributed by atoms with Crippen LogP contribution >= 0.6 is 0 Å².